The summed E-state index contributed by atoms with van der Waals surface area (Å²) in [6, 6.07) is 1.71. The van der Waals surface area contributed by atoms with E-state index in [4.69, 9.17) is 5.11 Å². The number of H-pyrrole nitrogens is 1. The molecule has 0 unspecified atom stereocenters. The van der Waals surface area contributed by atoms with Crippen LogP contribution in [-0.4, -0.2) is 37.8 Å². The number of nitrogens with zero attached hydrogens (tertiary/aromatic N) is 3. The molecule has 2 heterocycles. The number of nitrogens with one attached hydrogen (secondary N) is 2. The maximum Gasteiger partial charge on any atom is 0.349 e. The number of aliphatic hydroxyl groups is 1. The first-order valence-electron chi connectivity index (χ1n) is 5.52. The summed E-state index contributed by atoms with van der Waals surface area (Å²) in [5, 5.41) is 18.1. The summed E-state index contributed by atoms with van der Waals surface area (Å²) in [5.74, 6) is 1.28. The van der Waals surface area contributed by atoms with Crippen LogP contribution in [0.1, 0.15) is 18.7 Å². The molecule has 0 saturated carbocycles. The zero-order valence-electron chi connectivity index (χ0n) is 9.60. The summed E-state index contributed by atoms with van der Waals surface area (Å²) >= 11 is 0. The Kier molecular flexibility index (Phi) is 3.38. The summed E-state index contributed by atoms with van der Waals surface area (Å²) in [4.78, 5) is 15.6. The first-order chi connectivity index (χ1) is 8.22. The second-order valence-corrected chi connectivity index (χ2v) is 3.77. The first-order valence-corrected chi connectivity index (χ1v) is 5.52. The second-order valence-electron chi connectivity index (χ2n) is 3.77. The lowest BCUT2D eigenvalue weighted by Gasteiger charge is -2.06. The highest BCUT2D eigenvalue weighted by Crippen LogP contribution is 2.07. The zero-order valence-corrected chi connectivity index (χ0v) is 9.60. The topological polar surface area (TPSA) is 95.3 Å². The number of rotatable bonds is 5. The number of aliphatic hydroxyl groups excluding tert-OH is 1. The van der Waals surface area contributed by atoms with Gasteiger partial charge in [-0.3, -0.25) is 0 Å². The van der Waals surface area contributed by atoms with Crippen LogP contribution in [0.4, 0.5) is 5.82 Å². The second kappa shape index (κ2) is 4.96. The SMILES string of the molecule is Cc1nc(NCCCCO)cc2n[nH]c(=O)n12. The third-order valence-electron chi connectivity index (χ3n) is 2.46. The highest BCUT2D eigenvalue weighted by Gasteiger charge is 2.06. The van der Waals surface area contributed by atoms with E-state index in [1.807, 2.05) is 0 Å². The van der Waals surface area contributed by atoms with Crippen molar-refractivity contribution in [2.75, 3.05) is 18.5 Å². The molecule has 2 aromatic rings. The monoisotopic (exact) mass is 237 g/mol. The van der Waals surface area contributed by atoms with Gasteiger partial charge in [0.2, 0.25) is 0 Å². The summed E-state index contributed by atoms with van der Waals surface area (Å²) < 4.78 is 1.42. The molecule has 0 aliphatic heterocycles. The number of hydrogen-bond acceptors (Lipinski definition) is 5. The molecule has 2 rings (SSSR count). The quantitative estimate of drug-likeness (QED) is 0.632. The Labute approximate surface area is 97.5 Å². The van der Waals surface area contributed by atoms with Crippen LogP contribution in [0.2, 0.25) is 0 Å². The Bertz CT molecular complexity index is 559. The predicted molar refractivity (Wildman–Crippen MR) is 63.2 cm³/mol. The predicted octanol–water partition coefficient (Wildman–Crippen LogP) is -0.0896. The molecule has 0 atom stereocenters. The van der Waals surface area contributed by atoms with Crippen LogP contribution in [-0.2, 0) is 0 Å². The van der Waals surface area contributed by atoms with Gasteiger partial charge >= 0.3 is 5.69 Å². The van der Waals surface area contributed by atoms with Crippen LogP contribution in [0.25, 0.3) is 5.65 Å². The maximum absolute atomic E-state index is 11.4. The Morgan fingerprint density at radius 3 is 3.12 bits per heavy atom. The molecular formula is C10H15N5O2. The summed E-state index contributed by atoms with van der Waals surface area (Å²) in [6.45, 7) is 2.68. The van der Waals surface area contributed by atoms with Crippen molar-refractivity contribution < 1.29 is 5.11 Å². The smallest absolute Gasteiger partial charge is 0.349 e. The van der Waals surface area contributed by atoms with E-state index in [1.54, 1.807) is 13.0 Å². The van der Waals surface area contributed by atoms with Crippen LogP contribution >= 0.6 is 0 Å². The number of unbranched alkanes of at least 4 members (excludes halogenated alkanes) is 1. The molecule has 0 bridgehead atoms. The van der Waals surface area contributed by atoms with E-state index in [0.29, 0.717) is 17.3 Å². The van der Waals surface area contributed by atoms with Gasteiger partial charge in [-0.1, -0.05) is 0 Å². The molecule has 0 amide bonds. The lowest BCUT2D eigenvalue weighted by Crippen LogP contribution is -2.14. The minimum atomic E-state index is -0.281. The van der Waals surface area contributed by atoms with Crippen molar-refractivity contribution in [3.63, 3.8) is 0 Å². The van der Waals surface area contributed by atoms with Crippen molar-refractivity contribution in [3.05, 3.63) is 22.4 Å². The standard InChI is InChI=1S/C10H15N5O2/c1-7-12-8(11-4-2-3-5-16)6-9-13-14-10(17)15(7)9/h6,11,16H,2-5H2,1H3,(H,14,17). The molecule has 92 valence electrons. The van der Waals surface area contributed by atoms with Gasteiger partial charge in [-0.05, 0) is 19.8 Å². The summed E-state index contributed by atoms with van der Waals surface area (Å²) in [6.07, 6.45) is 1.63. The molecule has 17 heavy (non-hydrogen) atoms. The molecular weight excluding hydrogens is 222 g/mol. The van der Waals surface area contributed by atoms with Crippen molar-refractivity contribution in [1.29, 1.82) is 0 Å². The Balaban J connectivity index is 2.16. The van der Waals surface area contributed by atoms with Gasteiger partial charge in [-0.15, -0.1) is 0 Å². The highest BCUT2D eigenvalue weighted by molar-refractivity contribution is 5.49. The van der Waals surface area contributed by atoms with Gasteiger partial charge in [0.15, 0.2) is 5.65 Å². The fourth-order valence-electron chi connectivity index (χ4n) is 1.64. The normalized spacial score (nSPS) is 10.9. The van der Waals surface area contributed by atoms with E-state index >= 15 is 0 Å². The lowest BCUT2D eigenvalue weighted by atomic mass is 10.3. The van der Waals surface area contributed by atoms with E-state index in [1.165, 1.54) is 4.40 Å². The zero-order chi connectivity index (χ0) is 12.3. The Hall–Kier alpha value is -1.89. The number of aromatic amines is 1. The number of aryl methyl sites for hydroxylation is 1. The van der Waals surface area contributed by atoms with Gasteiger partial charge in [0.05, 0.1) is 0 Å². The van der Waals surface area contributed by atoms with Crippen molar-refractivity contribution in [1.82, 2.24) is 19.6 Å². The van der Waals surface area contributed by atoms with Crippen molar-refractivity contribution in [3.8, 4) is 0 Å². The number of aromatic nitrogens is 4. The maximum atomic E-state index is 11.4. The van der Waals surface area contributed by atoms with Crippen molar-refractivity contribution >= 4 is 11.5 Å². The minimum Gasteiger partial charge on any atom is -0.396 e. The van der Waals surface area contributed by atoms with Crippen LogP contribution in [0.3, 0.4) is 0 Å². The molecule has 0 radical (unpaired) electrons. The van der Waals surface area contributed by atoms with Gasteiger partial charge in [0, 0.05) is 19.2 Å². The summed E-state index contributed by atoms with van der Waals surface area (Å²) in [7, 11) is 0. The minimum absolute atomic E-state index is 0.196. The van der Waals surface area contributed by atoms with Crippen molar-refractivity contribution in [2.24, 2.45) is 0 Å². The highest BCUT2D eigenvalue weighted by atomic mass is 16.2. The Morgan fingerprint density at radius 1 is 1.53 bits per heavy atom. The number of fused-ring (bicyclic) bond motifs is 1. The van der Waals surface area contributed by atoms with E-state index in [2.05, 4.69) is 20.5 Å². The molecule has 3 N–H and O–H groups in total. The average molecular weight is 237 g/mol. The largest absolute Gasteiger partial charge is 0.396 e. The molecule has 7 heteroatoms. The van der Waals surface area contributed by atoms with Gasteiger partial charge in [0.25, 0.3) is 0 Å². The molecule has 7 nitrogen and oxygen atoms in total. The van der Waals surface area contributed by atoms with Crippen LogP contribution < -0.4 is 11.0 Å². The lowest BCUT2D eigenvalue weighted by molar-refractivity contribution is 0.286. The van der Waals surface area contributed by atoms with Crippen LogP contribution in [0.5, 0.6) is 0 Å². The first kappa shape index (κ1) is 11.6. The average Bonchev–Trinajstić information content (AvgIpc) is 2.67. The fraction of sp³-hybridized carbons (Fsp3) is 0.500. The van der Waals surface area contributed by atoms with Crippen molar-refractivity contribution in [2.45, 2.75) is 19.8 Å². The van der Waals surface area contributed by atoms with E-state index < -0.39 is 0 Å². The van der Waals surface area contributed by atoms with Crippen LogP contribution in [0, 0.1) is 6.92 Å². The van der Waals surface area contributed by atoms with E-state index in [0.717, 1.165) is 19.4 Å². The third kappa shape index (κ3) is 2.44. The van der Waals surface area contributed by atoms with Crippen LogP contribution in [0.15, 0.2) is 10.9 Å². The molecule has 0 aliphatic carbocycles. The number of anilines is 1. The molecule has 0 saturated heterocycles. The van der Waals surface area contributed by atoms with E-state index in [-0.39, 0.29) is 12.3 Å². The molecule has 0 spiro atoms. The van der Waals surface area contributed by atoms with Gasteiger partial charge < -0.3 is 10.4 Å². The number of hydrogen-bond donors (Lipinski definition) is 3. The molecule has 0 aromatic carbocycles. The molecule has 0 aliphatic rings. The third-order valence-corrected chi connectivity index (χ3v) is 2.46. The van der Waals surface area contributed by atoms with Gasteiger partial charge in [0.1, 0.15) is 11.6 Å². The summed E-state index contributed by atoms with van der Waals surface area (Å²) in [5.41, 5.74) is 0.268. The van der Waals surface area contributed by atoms with Gasteiger partial charge in [-0.25, -0.2) is 19.3 Å². The van der Waals surface area contributed by atoms with E-state index in [9.17, 15) is 4.79 Å². The Morgan fingerprint density at radius 2 is 2.35 bits per heavy atom. The van der Waals surface area contributed by atoms with Gasteiger partial charge in [-0.2, -0.15) is 5.10 Å². The molecule has 0 fully saturated rings. The fourth-order valence-corrected chi connectivity index (χ4v) is 1.64. The molecule has 2 aromatic heterocycles.